The predicted molar refractivity (Wildman–Crippen MR) is 75.2 cm³/mol. The van der Waals surface area contributed by atoms with Gasteiger partial charge in [-0.3, -0.25) is 4.79 Å². The van der Waals surface area contributed by atoms with Gasteiger partial charge in [-0.05, 0) is 33.6 Å². The molecule has 8 nitrogen and oxygen atoms in total. The molecule has 0 saturated carbocycles. The largest absolute Gasteiger partial charge is 0.467 e. The van der Waals surface area contributed by atoms with Crippen LogP contribution < -0.4 is 5.73 Å². The SMILES string of the molecule is COC(=O)[C@@H]1C[C@@H](C[C@H](N)C#N)C(=O)N1C(=O)OC(C)(C)C. The third-order valence-electron chi connectivity index (χ3n) is 3.17. The molecule has 0 unspecified atom stereocenters. The molecule has 8 heteroatoms. The van der Waals surface area contributed by atoms with Crippen molar-refractivity contribution in [3.05, 3.63) is 0 Å². The number of imide groups is 1. The van der Waals surface area contributed by atoms with E-state index in [-0.39, 0.29) is 12.8 Å². The molecule has 3 atom stereocenters. The first-order valence-corrected chi connectivity index (χ1v) is 6.89. The van der Waals surface area contributed by atoms with Gasteiger partial charge in [-0.15, -0.1) is 0 Å². The van der Waals surface area contributed by atoms with Gasteiger partial charge in [0.2, 0.25) is 5.91 Å². The van der Waals surface area contributed by atoms with Crippen LogP contribution in [0.5, 0.6) is 0 Å². The minimum atomic E-state index is -1.05. The zero-order valence-corrected chi connectivity index (χ0v) is 13.2. The summed E-state index contributed by atoms with van der Waals surface area (Å²) in [7, 11) is 1.18. The highest BCUT2D eigenvalue weighted by molar-refractivity contribution is 6.00. The molecule has 0 aromatic rings. The van der Waals surface area contributed by atoms with E-state index in [0.29, 0.717) is 0 Å². The Balaban J connectivity index is 2.99. The summed E-state index contributed by atoms with van der Waals surface area (Å²) in [6.07, 6.45) is -0.761. The summed E-state index contributed by atoms with van der Waals surface area (Å²) in [6, 6.07) is -0.0670. The average Bonchev–Trinajstić information content (AvgIpc) is 2.73. The topological polar surface area (TPSA) is 123 Å². The Kier molecular flexibility index (Phi) is 5.49. The van der Waals surface area contributed by atoms with E-state index in [1.54, 1.807) is 20.8 Å². The number of nitrogens with zero attached hydrogens (tertiary/aromatic N) is 2. The summed E-state index contributed by atoms with van der Waals surface area (Å²) in [6.45, 7) is 4.96. The van der Waals surface area contributed by atoms with E-state index in [2.05, 4.69) is 4.74 Å². The van der Waals surface area contributed by atoms with Crippen LogP contribution in [-0.4, -0.2) is 47.7 Å². The molecule has 1 aliphatic heterocycles. The quantitative estimate of drug-likeness (QED) is 0.755. The van der Waals surface area contributed by atoms with Crippen LogP contribution in [0.1, 0.15) is 33.6 Å². The predicted octanol–water partition coefficient (Wildman–Crippen LogP) is 0.553. The number of esters is 1. The molecule has 0 aliphatic carbocycles. The number of hydrogen-bond acceptors (Lipinski definition) is 7. The molecule has 0 spiro atoms. The van der Waals surface area contributed by atoms with Gasteiger partial charge in [0.15, 0.2) is 0 Å². The first-order chi connectivity index (χ1) is 10.1. The standard InChI is InChI=1S/C14H21N3O5/c1-14(2,3)22-13(20)17-10(12(19)21-4)6-8(11(17)18)5-9(16)7-15/h8-10H,5-6,16H2,1-4H3/t8-,9+,10+/m1/s1. The van der Waals surface area contributed by atoms with Crippen molar-refractivity contribution in [3.63, 3.8) is 0 Å². The van der Waals surface area contributed by atoms with Crippen LogP contribution in [0.2, 0.25) is 0 Å². The van der Waals surface area contributed by atoms with Crippen LogP contribution in [0.3, 0.4) is 0 Å². The number of ether oxygens (including phenoxy) is 2. The van der Waals surface area contributed by atoms with Crippen LogP contribution in [0.25, 0.3) is 0 Å². The van der Waals surface area contributed by atoms with Crippen LogP contribution in [0.4, 0.5) is 4.79 Å². The molecule has 0 aromatic heterocycles. The Labute approximate surface area is 129 Å². The summed E-state index contributed by atoms with van der Waals surface area (Å²) < 4.78 is 9.79. The molecule has 1 rings (SSSR count). The van der Waals surface area contributed by atoms with E-state index < -0.39 is 41.6 Å². The monoisotopic (exact) mass is 311 g/mol. The van der Waals surface area contributed by atoms with Crippen molar-refractivity contribution in [3.8, 4) is 6.07 Å². The summed E-state index contributed by atoms with van der Waals surface area (Å²) in [4.78, 5) is 37.1. The van der Waals surface area contributed by atoms with Gasteiger partial charge in [0.1, 0.15) is 11.6 Å². The van der Waals surface area contributed by atoms with Gasteiger partial charge in [-0.2, -0.15) is 5.26 Å². The fourth-order valence-electron chi connectivity index (χ4n) is 2.25. The third-order valence-corrected chi connectivity index (χ3v) is 3.17. The molecule has 0 bridgehead atoms. The molecule has 0 aromatic carbocycles. The number of carbonyl (C=O) groups is 3. The smallest absolute Gasteiger partial charge is 0.417 e. The van der Waals surface area contributed by atoms with Gasteiger partial charge in [0, 0.05) is 5.92 Å². The van der Waals surface area contributed by atoms with E-state index in [1.165, 1.54) is 7.11 Å². The van der Waals surface area contributed by atoms with Gasteiger partial charge in [0.05, 0.1) is 19.2 Å². The van der Waals surface area contributed by atoms with Gasteiger partial charge >= 0.3 is 12.1 Å². The van der Waals surface area contributed by atoms with Crippen molar-refractivity contribution >= 4 is 18.0 Å². The van der Waals surface area contributed by atoms with Crippen molar-refractivity contribution in [2.75, 3.05) is 7.11 Å². The van der Waals surface area contributed by atoms with E-state index in [4.69, 9.17) is 15.7 Å². The molecule has 1 heterocycles. The zero-order valence-electron chi connectivity index (χ0n) is 13.2. The number of carbonyl (C=O) groups excluding carboxylic acids is 3. The van der Waals surface area contributed by atoms with E-state index in [1.807, 2.05) is 6.07 Å². The van der Waals surface area contributed by atoms with Crippen molar-refractivity contribution in [2.24, 2.45) is 11.7 Å². The van der Waals surface area contributed by atoms with Crippen LogP contribution in [0, 0.1) is 17.2 Å². The van der Waals surface area contributed by atoms with Crippen molar-refractivity contribution in [1.29, 1.82) is 5.26 Å². The lowest BCUT2D eigenvalue weighted by Gasteiger charge is -2.26. The fraction of sp³-hybridized carbons (Fsp3) is 0.714. The molecular formula is C14H21N3O5. The first-order valence-electron chi connectivity index (χ1n) is 6.89. The Morgan fingerprint density at radius 1 is 1.50 bits per heavy atom. The fourth-order valence-corrected chi connectivity index (χ4v) is 2.25. The van der Waals surface area contributed by atoms with Crippen molar-refractivity contribution in [2.45, 2.75) is 51.3 Å². The molecule has 2 amide bonds. The molecule has 22 heavy (non-hydrogen) atoms. The number of nitriles is 1. The minimum Gasteiger partial charge on any atom is -0.467 e. The Hall–Kier alpha value is -2.14. The van der Waals surface area contributed by atoms with Gasteiger partial charge in [-0.25, -0.2) is 14.5 Å². The number of amides is 2. The van der Waals surface area contributed by atoms with Gasteiger partial charge in [0.25, 0.3) is 0 Å². The van der Waals surface area contributed by atoms with Gasteiger partial charge < -0.3 is 15.2 Å². The van der Waals surface area contributed by atoms with E-state index in [0.717, 1.165) is 4.90 Å². The second-order valence-electron chi connectivity index (χ2n) is 6.13. The lowest BCUT2D eigenvalue weighted by Crippen LogP contribution is -2.46. The maximum atomic E-state index is 12.4. The second-order valence-corrected chi connectivity index (χ2v) is 6.13. The number of methoxy groups -OCH3 is 1. The number of likely N-dealkylation sites (tertiary alicyclic amines) is 1. The maximum Gasteiger partial charge on any atom is 0.417 e. The highest BCUT2D eigenvalue weighted by Crippen LogP contribution is 2.30. The summed E-state index contributed by atoms with van der Waals surface area (Å²) in [5, 5.41) is 8.75. The Morgan fingerprint density at radius 3 is 2.55 bits per heavy atom. The normalized spacial score (nSPS) is 22.9. The van der Waals surface area contributed by atoms with Gasteiger partial charge in [-0.1, -0.05) is 0 Å². The zero-order chi connectivity index (χ0) is 17.1. The molecule has 122 valence electrons. The number of hydrogen-bond donors (Lipinski definition) is 1. The van der Waals surface area contributed by atoms with Crippen LogP contribution >= 0.6 is 0 Å². The summed E-state index contributed by atoms with van der Waals surface area (Å²) >= 11 is 0. The summed E-state index contributed by atoms with van der Waals surface area (Å²) in [5.41, 5.74) is 4.72. The molecule has 0 radical (unpaired) electrons. The molecule has 1 saturated heterocycles. The van der Waals surface area contributed by atoms with E-state index >= 15 is 0 Å². The molecule has 1 aliphatic rings. The Bertz CT molecular complexity index is 506. The van der Waals surface area contributed by atoms with Crippen molar-refractivity contribution in [1.82, 2.24) is 4.90 Å². The Morgan fingerprint density at radius 2 is 2.09 bits per heavy atom. The first kappa shape index (κ1) is 17.9. The second kappa shape index (κ2) is 6.75. The van der Waals surface area contributed by atoms with Crippen LogP contribution in [-0.2, 0) is 19.1 Å². The van der Waals surface area contributed by atoms with Crippen LogP contribution in [0.15, 0.2) is 0 Å². The third kappa shape index (κ3) is 4.18. The molecular weight excluding hydrogens is 290 g/mol. The van der Waals surface area contributed by atoms with Crippen molar-refractivity contribution < 1.29 is 23.9 Å². The highest BCUT2D eigenvalue weighted by atomic mass is 16.6. The average molecular weight is 311 g/mol. The number of nitrogens with two attached hydrogens (primary N) is 1. The molecule has 2 N–H and O–H groups in total. The number of rotatable bonds is 3. The van der Waals surface area contributed by atoms with E-state index in [9.17, 15) is 14.4 Å². The lowest BCUT2D eigenvalue weighted by molar-refractivity contribution is -0.148. The maximum absolute atomic E-state index is 12.4. The highest BCUT2D eigenvalue weighted by Gasteiger charge is 2.48. The summed E-state index contributed by atoms with van der Waals surface area (Å²) in [5.74, 6) is -1.96. The lowest BCUT2D eigenvalue weighted by atomic mass is 9.97. The molecule has 1 fully saturated rings. The minimum absolute atomic E-state index is 0.0696.